The number of fused-ring (bicyclic) bond motifs is 1. The van der Waals surface area contributed by atoms with Gasteiger partial charge in [0.05, 0.1) is 0 Å². The molecule has 1 aliphatic carbocycles. The van der Waals surface area contributed by atoms with Crippen LogP contribution in [0.25, 0.3) is 0 Å². The van der Waals surface area contributed by atoms with Crippen molar-refractivity contribution in [3.63, 3.8) is 0 Å². The van der Waals surface area contributed by atoms with Gasteiger partial charge in [-0.05, 0) is 37.7 Å². The number of rotatable bonds is 2. The van der Waals surface area contributed by atoms with E-state index in [0.717, 1.165) is 18.1 Å². The van der Waals surface area contributed by atoms with Gasteiger partial charge in [-0.25, -0.2) is 0 Å². The molecule has 0 aromatic heterocycles. The van der Waals surface area contributed by atoms with Crippen LogP contribution in [0.1, 0.15) is 63.5 Å². The summed E-state index contributed by atoms with van der Waals surface area (Å²) in [5.74, 6) is 1.93. The minimum Gasteiger partial charge on any atom is -0.487 e. The molecule has 1 fully saturated rings. The highest BCUT2D eigenvalue weighted by Crippen LogP contribution is 2.46. The Morgan fingerprint density at radius 2 is 2.00 bits per heavy atom. The number of ether oxygens (including phenoxy) is 1. The van der Waals surface area contributed by atoms with Gasteiger partial charge in [-0.2, -0.15) is 0 Å². The van der Waals surface area contributed by atoms with Crippen LogP contribution >= 0.6 is 0 Å². The SMILES string of the molecule is CCCC1CCC2(CC1)CC(N)c1ccccc1O2. The van der Waals surface area contributed by atoms with Crippen molar-refractivity contribution in [2.45, 2.75) is 63.5 Å². The summed E-state index contributed by atoms with van der Waals surface area (Å²) in [6.45, 7) is 2.29. The molecule has 0 radical (unpaired) electrons. The maximum absolute atomic E-state index is 6.38. The summed E-state index contributed by atoms with van der Waals surface area (Å²) >= 11 is 0. The second-order valence-corrected chi connectivity index (χ2v) is 6.37. The molecule has 1 heterocycles. The van der Waals surface area contributed by atoms with Crippen molar-refractivity contribution < 1.29 is 4.74 Å². The van der Waals surface area contributed by atoms with E-state index in [1.54, 1.807) is 0 Å². The smallest absolute Gasteiger partial charge is 0.124 e. The van der Waals surface area contributed by atoms with E-state index in [1.165, 1.54) is 44.1 Å². The summed E-state index contributed by atoms with van der Waals surface area (Å²) in [5, 5.41) is 0. The van der Waals surface area contributed by atoms with Gasteiger partial charge in [0.15, 0.2) is 0 Å². The molecule has 2 nitrogen and oxygen atoms in total. The highest BCUT2D eigenvalue weighted by atomic mass is 16.5. The molecule has 1 unspecified atom stereocenters. The van der Waals surface area contributed by atoms with E-state index in [2.05, 4.69) is 25.1 Å². The predicted octanol–water partition coefficient (Wildman–Crippen LogP) is 4.20. The number of hydrogen-bond donors (Lipinski definition) is 1. The molecule has 0 saturated heterocycles. The Morgan fingerprint density at radius 1 is 1.26 bits per heavy atom. The first-order valence-electron chi connectivity index (χ1n) is 7.76. The lowest BCUT2D eigenvalue weighted by atomic mass is 9.72. The van der Waals surface area contributed by atoms with E-state index >= 15 is 0 Å². The molecule has 104 valence electrons. The third-order valence-corrected chi connectivity index (χ3v) is 4.95. The number of para-hydroxylation sites is 1. The molecule has 0 amide bonds. The van der Waals surface area contributed by atoms with Crippen molar-refractivity contribution in [1.82, 2.24) is 0 Å². The van der Waals surface area contributed by atoms with Crippen molar-refractivity contribution in [3.05, 3.63) is 29.8 Å². The Balaban J connectivity index is 1.74. The van der Waals surface area contributed by atoms with Crippen molar-refractivity contribution in [3.8, 4) is 5.75 Å². The summed E-state index contributed by atoms with van der Waals surface area (Å²) in [4.78, 5) is 0. The Hall–Kier alpha value is -1.02. The Bertz CT molecular complexity index is 435. The molecular formula is C17H25NO. The van der Waals surface area contributed by atoms with Crippen LogP contribution in [-0.4, -0.2) is 5.60 Å². The van der Waals surface area contributed by atoms with Crippen molar-refractivity contribution >= 4 is 0 Å². The van der Waals surface area contributed by atoms with Crippen LogP contribution in [0.4, 0.5) is 0 Å². The average Bonchev–Trinajstić information content (AvgIpc) is 2.42. The van der Waals surface area contributed by atoms with Crippen molar-refractivity contribution in [2.75, 3.05) is 0 Å². The van der Waals surface area contributed by atoms with E-state index < -0.39 is 0 Å². The molecule has 1 aliphatic heterocycles. The van der Waals surface area contributed by atoms with Crippen LogP contribution in [0.3, 0.4) is 0 Å². The van der Waals surface area contributed by atoms with Crippen LogP contribution in [-0.2, 0) is 0 Å². The molecule has 0 bridgehead atoms. The monoisotopic (exact) mass is 259 g/mol. The van der Waals surface area contributed by atoms with E-state index in [0.29, 0.717) is 0 Å². The molecule has 1 saturated carbocycles. The zero-order valence-corrected chi connectivity index (χ0v) is 11.9. The largest absolute Gasteiger partial charge is 0.487 e. The third-order valence-electron chi connectivity index (χ3n) is 4.95. The Morgan fingerprint density at radius 3 is 2.74 bits per heavy atom. The normalized spacial score (nSPS) is 33.8. The van der Waals surface area contributed by atoms with E-state index in [1.807, 2.05) is 6.07 Å². The lowest BCUT2D eigenvalue weighted by Gasteiger charge is -2.45. The average molecular weight is 259 g/mol. The van der Waals surface area contributed by atoms with E-state index in [-0.39, 0.29) is 11.6 Å². The van der Waals surface area contributed by atoms with Gasteiger partial charge in [0.25, 0.3) is 0 Å². The van der Waals surface area contributed by atoms with Crippen molar-refractivity contribution in [1.29, 1.82) is 0 Å². The van der Waals surface area contributed by atoms with Gasteiger partial charge in [-0.1, -0.05) is 38.0 Å². The van der Waals surface area contributed by atoms with Gasteiger partial charge in [-0.15, -0.1) is 0 Å². The molecule has 19 heavy (non-hydrogen) atoms. The van der Waals surface area contributed by atoms with E-state index in [9.17, 15) is 0 Å². The fraction of sp³-hybridized carbons (Fsp3) is 0.647. The maximum atomic E-state index is 6.38. The van der Waals surface area contributed by atoms with Crippen molar-refractivity contribution in [2.24, 2.45) is 11.7 Å². The molecule has 1 aromatic rings. The summed E-state index contributed by atoms with van der Waals surface area (Å²) < 4.78 is 6.38. The highest BCUT2D eigenvalue weighted by Gasteiger charge is 2.42. The number of hydrogen-bond acceptors (Lipinski definition) is 2. The summed E-state index contributed by atoms with van der Waals surface area (Å²) in [7, 11) is 0. The number of benzene rings is 1. The summed E-state index contributed by atoms with van der Waals surface area (Å²) in [6, 6.07) is 8.43. The summed E-state index contributed by atoms with van der Waals surface area (Å²) in [5.41, 5.74) is 7.58. The van der Waals surface area contributed by atoms with Crippen LogP contribution in [0.2, 0.25) is 0 Å². The Labute approximate surface area is 116 Å². The quantitative estimate of drug-likeness (QED) is 0.864. The second-order valence-electron chi connectivity index (χ2n) is 6.37. The summed E-state index contributed by atoms with van der Waals surface area (Å²) in [6.07, 6.45) is 8.65. The molecular weight excluding hydrogens is 234 g/mol. The van der Waals surface area contributed by atoms with Crippen LogP contribution in [0.5, 0.6) is 5.75 Å². The first kappa shape index (κ1) is 13.0. The van der Waals surface area contributed by atoms with Gasteiger partial charge in [0.1, 0.15) is 11.4 Å². The van der Waals surface area contributed by atoms with Gasteiger partial charge in [0.2, 0.25) is 0 Å². The molecule has 1 atom stereocenters. The minimum atomic E-state index is 0.0258. The molecule has 2 N–H and O–H groups in total. The lowest BCUT2D eigenvalue weighted by Crippen LogP contribution is -2.45. The van der Waals surface area contributed by atoms with Crippen LogP contribution < -0.4 is 10.5 Å². The maximum Gasteiger partial charge on any atom is 0.124 e. The van der Waals surface area contributed by atoms with E-state index in [4.69, 9.17) is 10.5 Å². The predicted molar refractivity (Wildman–Crippen MR) is 78.2 cm³/mol. The van der Waals surface area contributed by atoms with Crippen LogP contribution in [0, 0.1) is 5.92 Å². The topological polar surface area (TPSA) is 35.2 Å². The highest BCUT2D eigenvalue weighted by molar-refractivity contribution is 5.38. The van der Waals surface area contributed by atoms with Gasteiger partial charge >= 0.3 is 0 Å². The second kappa shape index (κ2) is 5.16. The molecule has 3 rings (SSSR count). The first-order chi connectivity index (χ1) is 9.22. The fourth-order valence-corrected chi connectivity index (χ4v) is 3.87. The number of nitrogens with two attached hydrogens (primary N) is 1. The molecule has 2 aliphatic rings. The van der Waals surface area contributed by atoms with Crippen LogP contribution in [0.15, 0.2) is 24.3 Å². The molecule has 1 aromatic carbocycles. The Kier molecular flexibility index (Phi) is 3.53. The zero-order valence-electron chi connectivity index (χ0n) is 11.9. The fourth-order valence-electron chi connectivity index (χ4n) is 3.87. The first-order valence-corrected chi connectivity index (χ1v) is 7.76. The molecule has 1 spiro atoms. The zero-order chi connectivity index (χ0) is 13.3. The molecule has 2 heteroatoms. The van der Waals surface area contributed by atoms with Gasteiger partial charge in [-0.3, -0.25) is 0 Å². The van der Waals surface area contributed by atoms with Gasteiger partial charge in [0, 0.05) is 18.0 Å². The third kappa shape index (κ3) is 2.51. The van der Waals surface area contributed by atoms with Gasteiger partial charge < -0.3 is 10.5 Å². The minimum absolute atomic E-state index is 0.0258. The standard InChI is InChI=1S/C17H25NO/c1-2-5-13-8-10-17(11-9-13)12-15(18)14-6-3-4-7-16(14)19-17/h3-4,6-7,13,15H,2,5,8-12,18H2,1H3. The lowest BCUT2D eigenvalue weighted by molar-refractivity contribution is -0.0115.